The van der Waals surface area contributed by atoms with Crippen LogP contribution in [0.3, 0.4) is 0 Å². The van der Waals surface area contributed by atoms with Gasteiger partial charge in [-0.3, -0.25) is 4.79 Å². The lowest BCUT2D eigenvalue weighted by molar-refractivity contribution is -0.152. The third-order valence-corrected chi connectivity index (χ3v) is 7.73. The largest absolute Gasteiger partial charge is 0.480 e. The molecule has 2 amide bonds. The van der Waals surface area contributed by atoms with Gasteiger partial charge in [0.1, 0.15) is 12.1 Å². The van der Waals surface area contributed by atoms with Gasteiger partial charge in [0.2, 0.25) is 5.91 Å². The van der Waals surface area contributed by atoms with Gasteiger partial charge in [-0.2, -0.15) is 0 Å². The van der Waals surface area contributed by atoms with Crippen LogP contribution in [-0.2, 0) is 14.3 Å². The molecule has 5 rings (SSSR count). The second kappa shape index (κ2) is 9.12. The standard InChI is InChI=1S/C27H30N2O5/c30-24(29-27(25(31)32)14-7-15-27)21-12-5-6-13-23(21)28-26(33)34-16-22-19-10-3-1-8-17(19)18-9-2-4-11-20(18)22/h1-4,8-11,21-23H,5-7,12-16H2,(H,28,33)(H,29,30)(H,31,32). The van der Waals surface area contributed by atoms with E-state index in [2.05, 4.69) is 34.9 Å². The maximum atomic E-state index is 13.0. The van der Waals surface area contributed by atoms with E-state index >= 15 is 0 Å². The van der Waals surface area contributed by atoms with Crippen molar-refractivity contribution in [3.63, 3.8) is 0 Å². The van der Waals surface area contributed by atoms with Crippen LogP contribution in [0.5, 0.6) is 0 Å². The Morgan fingerprint density at radius 2 is 1.53 bits per heavy atom. The molecule has 3 aliphatic rings. The molecule has 3 aliphatic carbocycles. The van der Waals surface area contributed by atoms with Crippen molar-refractivity contribution in [2.75, 3.05) is 6.61 Å². The number of carboxylic acids is 1. The summed E-state index contributed by atoms with van der Waals surface area (Å²) in [5, 5.41) is 15.2. The van der Waals surface area contributed by atoms with Gasteiger partial charge in [-0.1, -0.05) is 61.4 Å². The SMILES string of the molecule is O=C(NC1CCCCC1C(=O)NC1(C(=O)O)CCC1)OCC1c2ccccc2-c2ccccc21. The average molecular weight is 463 g/mol. The molecule has 2 saturated carbocycles. The van der Waals surface area contributed by atoms with Crippen molar-refractivity contribution in [3.8, 4) is 11.1 Å². The number of hydrogen-bond donors (Lipinski definition) is 3. The molecule has 178 valence electrons. The quantitative estimate of drug-likeness (QED) is 0.597. The predicted molar refractivity (Wildman–Crippen MR) is 126 cm³/mol. The van der Waals surface area contributed by atoms with Crippen molar-refractivity contribution in [2.45, 2.75) is 62.4 Å². The van der Waals surface area contributed by atoms with Crippen LogP contribution < -0.4 is 10.6 Å². The number of ether oxygens (including phenoxy) is 1. The topological polar surface area (TPSA) is 105 Å². The molecule has 0 heterocycles. The van der Waals surface area contributed by atoms with Gasteiger partial charge in [-0.25, -0.2) is 9.59 Å². The molecule has 0 spiro atoms. The molecule has 2 aromatic carbocycles. The smallest absolute Gasteiger partial charge is 0.407 e. The van der Waals surface area contributed by atoms with Crippen molar-refractivity contribution < 1.29 is 24.2 Å². The summed E-state index contributed by atoms with van der Waals surface area (Å²) in [5.74, 6) is -1.75. The number of aliphatic carboxylic acids is 1. The molecule has 34 heavy (non-hydrogen) atoms. The Bertz CT molecular complexity index is 1060. The number of rotatable bonds is 6. The van der Waals surface area contributed by atoms with Gasteiger partial charge < -0.3 is 20.5 Å². The van der Waals surface area contributed by atoms with Gasteiger partial charge in [0.15, 0.2) is 0 Å². The summed E-state index contributed by atoms with van der Waals surface area (Å²) in [6.45, 7) is 0.214. The summed E-state index contributed by atoms with van der Waals surface area (Å²) >= 11 is 0. The lowest BCUT2D eigenvalue weighted by atomic mass is 9.75. The number of carbonyl (C=O) groups excluding carboxylic acids is 2. The molecule has 7 heteroatoms. The number of benzene rings is 2. The fourth-order valence-corrected chi connectivity index (χ4v) is 5.66. The normalized spacial score (nSPS) is 22.6. The van der Waals surface area contributed by atoms with Crippen molar-refractivity contribution in [1.29, 1.82) is 0 Å². The first-order valence-electron chi connectivity index (χ1n) is 12.2. The Hall–Kier alpha value is -3.35. The van der Waals surface area contributed by atoms with Crippen LogP contribution in [0.15, 0.2) is 48.5 Å². The van der Waals surface area contributed by atoms with Crippen molar-refractivity contribution in [2.24, 2.45) is 5.92 Å². The first kappa shape index (κ1) is 22.4. The number of carbonyl (C=O) groups is 3. The minimum atomic E-state index is -1.15. The second-order valence-electron chi connectivity index (χ2n) is 9.70. The molecule has 2 unspecified atom stereocenters. The zero-order valence-corrected chi connectivity index (χ0v) is 19.1. The van der Waals surface area contributed by atoms with E-state index in [1.165, 1.54) is 11.1 Å². The summed E-state index contributed by atoms with van der Waals surface area (Å²) in [5.41, 5.74) is 3.47. The molecule has 0 bridgehead atoms. The van der Waals surface area contributed by atoms with Crippen LogP contribution in [0.1, 0.15) is 62.0 Å². The van der Waals surface area contributed by atoms with Crippen LogP contribution in [0.25, 0.3) is 11.1 Å². The zero-order chi connectivity index (χ0) is 23.7. The van der Waals surface area contributed by atoms with Gasteiger partial charge in [0.25, 0.3) is 0 Å². The number of amides is 2. The summed E-state index contributed by atoms with van der Waals surface area (Å²) in [6.07, 6.45) is 4.22. The first-order valence-corrected chi connectivity index (χ1v) is 12.2. The van der Waals surface area contributed by atoms with Crippen LogP contribution >= 0.6 is 0 Å². The van der Waals surface area contributed by atoms with E-state index in [1.54, 1.807) is 0 Å². The number of alkyl carbamates (subject to hydrolysis) is 1. The van der Waals surface area contributed by atoms with Crippen molar-refractivity contribution in [3.05, 3.63) is 59.7 Å². The highest BCUT2D eigenvalue weighted by Gasteiger charge is 2.47. The molecular weight excluding hydrogens is 432 g/mol. The second-order valence-corrected chi connectivity index (χ2v) is 9.70. The van der Waals surface area contributed by atoms with Crippen LogP contribution in [0.2, 0.25) is 0 Å². The lowest BCUT2D eigenvalue weighted by Crippen LogP contribution is -2.62. The summed E-state index contributed by atoms with van der Waals surface area (Å²) in [6, 6.07) is 16.0. The van der Waals surface area contributed by atoms with E-state index in [0.29, 0.717) is 25.7 Å². The fourth-order valence-electron chi connectivity index (χ4n) is 5.66. The van der Waals surface area contributed by atoms with Crippen LogP contribution in [0.4, 0.5) is 4.79 Å². The van der Waals surface area contributed by atoms with Crippen molar-refractivity contribution in [1.82, 2.24) is 10.6 Å². The summed E-state index contributed by atoms with van der Waals surface area (Å²) < 4.78 is 5.67. The molecule has 2 atom stereocenters. The fraction of sp³-hybridized carbons (Fsp3) is 0.444. The monoisotopic (exact) mass is 462 g/mol. The highest BCUT2D eigenvalue weighted by molar-refractivity contribution is 5.89. The molecule has 7 nitrogen and oxygen atoms in total. The number of hydrogen-bond acceptors (Lipinski definition) is 4. The van der Waals surface area contributed by atoms with Gasteiger partial charge in [0.05, 0.1) is 5.92 Å². The summed E-state index contributed by atoms with van der Waals surface area (Å²) in [7, 11) is 0. The number of fused-ring (bicyclic) bond motifs is 3. The van der Waals surface area contributed by atoms with Gasteiger partial charge in [-0.15, -0.1) is 0 Å². The predicted octanol–water partition coefficient (Wildman–Crippen LogP) is 4.21. The van der Waals surface area contributed by atoms with Crippen LogP contribution in [0, 0.1) is 5.92 Å². The summed E-state index contributed by atoms with van der Waals surface area (Å²) in [4.78, 5) is 37.4. The maximum absolute atomic E-state index is 13.0. The van der Waals surface area contributed by atoms with Gasteiger partial charge in [0, 0.05) is 12.0 Å². The van der Waals surface area contributed by atoms with E-state index in [9.17, 15) is 19.5 Å². The van der Waals surface area contributed by atoms with E-state index < -0.39 is 23.5 Å². The van der Waals surface area contributed by atoms with E-state index in [-0.39, 0.29) is 24.5 Å². The Morgan fingerprint density at radius 3 is 2.12 bits per heavy atom. The molecule has 3 N–H and O–H groups in total. The molecule has 2 aromatic rings. The molecule has 2 fully saturated rings. The van der Waals surface area contributed by atoms with E-state index in [1.807, 2.05) is 24.3 Å². The molecule has 0 aliphatic heterocycles. The molecular formula is C27H30N2O5. The molecule has 0 radical (unpaired) electrons. The zero-order valence-electron chi connectivity index (χ0n) is 19.1. The first-order chi connectivity index (χ1) is 16.5. The Morgan fingerprint density at radius 1 is 0.912 bits per heavy atom. The Labute approximate surface area is 198 Å². The maximum Gasteiger partial charge on any atom is 0.407 e. The third-order valence-electron chi connectivity index (χ3n) is 7.73. The number of nitrogens with one attached hydrogen (secondary N) is 2. The van der Waals surface area contributed by atoms with Gasteiger partial charge in [-0.05, 0) is 54.4 Å². The van der Waals surface area contributed by atoms with Crippen molar-refractivity contribution >= 4 is 18.0 Å². The molecule has 0 saturated heterocycles. The third kappa shape index (κ3) is 4.04. The average Bonchev–Trinajstić information content (AvgIpc) is 3.14. The van der Waals surface area contributed by atoms with Crippen LogP contribution in [-0.4, -0.2) is 41.3 Å². The van der Waals surface area contributed by atoms with E-state index in [4.69, 9.17) is 4.74 Å². The highest BCUT2D eigenvalue weighted by Crippen LogP contribution is 2.44. The highest BCUT2D eigenvalue weighted by atomic mass is 16.5. The Kier molecular flexibility index (Phi) is 6.02. The Balaban J connectivity index is 1.23. The molecule has 0 aromatic heterocycles. The minimum absolute atomic E-state index is 0.0300. The lowest BCUT2D eigenvalue weighted by Gasteiger charge is -2.40. The minimum Gasteiger partial charge on any atom is -0.480 e. The van der Waals surface area contributed by atoms with E-state index in [0.717, 1.165) is 30.4 Å². The number of carboxylic acid groups (broad SMARTS) is 1. The van der Waals surface area contributed by atoms with Gasteiger partial charge >= 0.3 is 12.1 Å².